The highest BCUT2D eigenvalue weighted by Gasteiger charge is 1.87. The van der Waals surface area contributed by atoms with Crippen LogP contribution in [0.3, 0.4) is 0 Å². The molecule has 0 bridgehead atoms. The fourth-order valence-electron chi connectivity index (χ4n) is 1.36. The van der Waals surface area contributed by atoms with Crippen molar-refractivity contribution >= 4 is 0 Å². The van der Waals surface area contributed by atoms with E-state index in [2.05, 4.69) is 24.4 Å². The Morgan fingerprint density at radius 1 is 0.923 bits per heavy atom. The number of allylic oxidation sites excluding steroid dienone is 1. The summed E-state index contributed by atoms with van der Waals surface area (Å²) < 4.78 is 0. The van der Waals surface area contributed by atoms with E-state index in [1.165, 1.54) is 44.9 Å². The maximum Gasteiger partial charge on any atom is 0.0131 e. The standard InChI is InChI=1S/C12H25N/c1-3-4-5-6-7-8-9-10-11-12-13-2/h10-11,13H,3-9,12H2,1-2H3. The van der Waals surface area contributed by atoms with E-state index < -0.39 is 0 Å². The van der Waals surface area contributed by atoms with Gasteiger partial charge >= 0.3 is 0 Å². The van der Waals surface area contributed by atoms with Gasteiger partial charge in [0, 0.05) is 6.54 Å². The highest BCUT2D eigenvalue weighted by atomic mass is 14.8. The Balaban J connectivity index is 2.91. The second-order valence-electron chi connectivity index (χ2n) is 3.59. The maximum absolute atomic E-state index is 3.10. The molecular weight excluding hydrogens is 158 g/mol. The van der Waals surface area contributed by atoms with E-state index in [-0.39, 0.29) is 0 Å². The van der Waals surface area contributed by atoms with Crippen LogP contribution in [0, 0.1) is 0 Å². The lowest BCUT2D eigenvalue weighted by Gasteiger charge is -1.97. The van der Waals surface area contributed by atoms with Gasteiger partial charge < -0.3 is 5.32 Å². The van der Waals surface area contributed by atoms with E-state index in [0.717, 1.165) is 6.54 Å². The molecule has 0 aliphatic heterocycles. The zero-order valence-corrected chi connectivity index (χ0v) is 9.31. The summed E-state index contributed by atoms with van der Waals surface area (Å²) in [6.07, 6.45) is 14.1. The zero-order chi connectivity index (χ0) is 9.78. The Hall–Kier alpha value is -0.300. The van der Waals surface area contributed by atoms with Gasteiger partial charge in [-0.3, -0.25) is 0 Å². The highest BCUT2D eigenvalue weighted by molar-refractivity contribution is 4.82. The van der Waals surface area contributed by atoms with Gasteiger partial charge in [0.2, 0.25) is 0 Å². The number of rotatable bonds is 9. The molecule has 0 amide bonds. The molecule has 0 unspecified atom stereocenters. The monoisotopic (exact) mass is 183 g/mol. The quantitative estimate of drug-likeness (QED) is 0.426. The van der Waals surface area contributed by atoms with Crippen molar-refractivity contribution in [3.63, 3.8) is 0 Å². The van der Waals surface area contributed by atoms with Gasteiger partial charge in [0.25, 0.3) is 0 Å². The van der Waals surface area contributed by atoms with Crippen LogP contribution in [0.25, 0.3) is 0 Å². The van der Waals surface area contributed by atoms with Crippen molar-refractivity contribution in [1.29, 1.82) is 0 Å². The molecule has 0 fully saturated rings. The summed E-state index contributed by atoms with van der Waals surface area (Å²) in [7, 11) is 1.98. The molecule has 0 atom stereocenters. The normalized spacial score (nSPS) is 11.2. The molecule has 78 valence electrons. The fraction of sp³-hybridized carbons (Fsp3) is 0.833. The molecule has 1 nitrogen and oxygen atoms in total. The average Bonchev–Trinajstić information content (AvgIpc) is 2.16. The van der Waals surface area contributed by atoms with Gasteiger partial charge in [-0.25, -0.2) is 0 Å². The molecule has 1 N–H and O–H groups in total. The number of nitrogens with one attached hydrogen (secondary N) is 1. The van der Waals surface area contributed by atoms with Crippen LogP contribution < -0.4 is 5.32 Å². The van der Waals surface area contributed by atoms with E-state index in [4.69, 9.17) is 0 Å². The van der Waals surface area contributed by atoms with Crippen LogP contribution in [0.2, 0.25) is 0 Å². The molecule has 13 heavy (non-hydrogen) atoms. The van der Waals surface area contributed by atoms with Crippen molar-refractivity contribution < 1.29 is 0 Å². The van der Waals surface area contributed by atoms with Crippen molar-refractivity contribution in [2.75, 3.05) is 13.6 Å². The van der Waals surface area contributed by atoms with E-state index in [1.54, 1.807) is 0 Å². The Kier molecular flexibility index (Phi) is 11.4. The first-order valence-corrected chi connectivity index (χ1v) is 5.71. The molecule has 0 saturated carbocycles. The number of likely N-dealkylation sites (N-methyl/N-ethyl adjacent to an activating group) is 1. The number of hydrogen-bond acceptors (Lipinski definition) is 1. The fourth-order valence-corrected chi connectivity index (χ4v) is 1.36. The average molecular weight is 183 g/mol. The van der Waals surface area contributed by atoms with Crippen LogP contribution in [-0.2, 0) is 0 Å². The smallest absolute Gasteiger partial charge is 0.0131 e. The molecule has 0 saturated heterocycles. The van der Waals surface area contributed by atoms with Crippen molar-refractivity contribution in [2.45, 2.75) is 51.9 Å². The predicted molar refractivity (Wildman–Crippen MR) is 61.1 cm³/mol. The third-order valence-electron chi connectivity index (χ3n) is 2.21. The summed E-state index contributed by atoms with van der Waals surface area (Å²) in [6.45, 7) is 3.27. The Morgan fingerprint density at radius 2 is 1.62 bits per heavy atom. The van der Waals surface area contributed by atoms with Gasteiger partial charge in [0.1, 0.15) is 0 Å². The summed E-state index contributed by atoms with van der Waals surface area (Å²) in [5.74, 6) is 0. The van der Waals surface area contributed by atoms with E-state index in [0.29, 0.717) is 0 Å². The molecule has 0 aliphatic carbocycles. The Bertz CT molecular complexity index is 108. The number of unbranched alkanes of at least 4 members (excludes halogenated alkanes) is 6. The number of hydrogen-bond donors (Lipinski definition) is 1. The lowest BCUT2D eigenvalue weighted by atomic mass is 10.1. The molecule has 0 rings (SSSR count). The first-order valence-electron chi connectivity index (χ1n) is 5.71. The van der Waals surface area contributed by atoms with Crippen LogP contribution >= 0.6 is 0 Å². The Labute approximate surface area is 83.6 Å². The van der Waals surface area contributed by atoms with Crippen LogP contribution in [0.1, 0.15) is 51.9 Å². The third kappa shape index (κ3) is 11.7. The van der Waals surface area contributed by atoms with Crippen LogP contribution in [0.5, 0.6) is 0 Å². The Morgan fingerprint density at radius 3 is 2.31 bits per heavy atom. The largest absolute Gasteiger partial charge is 0.316 e. The third-order valence-corrected chi connectivity index (χ3v) is 2.21. The molecular formula is C12H25N. The SMILES string of the molecule is CCCCCCCCC=CCNC. The molecule has 0 heterocycles. The minimum Gasteiger partial charge on any atom is -0.316 e. The van der Waals surface area contributed by atoms with Gasteiger partial charge in [0.15, 0.2) is 0 Å². The maximum atomic E-state index is 3.10. The first kappa shape index (κ1) is 12.7. The van der Waals surface area contributed by atoms with Crippen molar-refractivity contribution in [3.05, 3.63) is 12.2 Å². The summed E-state index contributed by atoms with van der Waals surface area (Å²) in [5.41, 5.74) is 0. The van der Waals surface area contributed by atoms with Gasteiger partial charge in [-0.05, 0) is 19.9 Å². The molecule has 0 aliphatic rings. The zero-order valence-electron chi connectivity index (χ0n) is 9.31. The lowest BCUT2D eigenvalue weighted by Crippen LogP contribution is -2.03. The van der Waals surface area contributed by atoms with Gasteiger partial charge in [-0.15, -0.1) is 0 Å². The minimum absolute atomic E-state index is 1.01. The topological polar surface area (TPSA) is 12.0 Å². The predicted octanol–water partition coefficient (Wildman–Crippen LogP) is 3.51. The highest BCUT2D eigenvalue weighted by Crippen LogP contribution is 2.06. The van der Waals surface area contributed by atoms with Crippen LogP contribution in [0.15, 0.2) is 12.2 Å². The van der Waals surface area contributed by atoms with Gasteiger partial charge in [0.05, 0.1) is 0 Å². The van der Waals surface area contributed by atoms with Crippen LogP contribution in [0.4, 0.5) is 0 Å². The minimum atomic E-state index is 1.01. The van der Waals surface area contributed by atoms with Crippen molar-refractivity contribution in [1.82, 2.24) is 5.32 Å². The second-order valence-corrected chi connectivity index (χ2v) is 3.59. The van der Waals surface area contributed by atoms with Crippen molar-refractivity contribution in [3.8, 4) is 0 Å². The van der Waals surface area contributed by atoms with E-state index in [9.17, 15) is 0 Å². The summed E-state index contributed by atoms with van der Waals surface area (Å²) in [5, 5.41) is 3.10. The molecule has 0 spiro atoms. The van der Waals surface area contributed by atoms with Gasteiger partial charge in [-0.1, -0.05) is 51.2 Å². The van der Waals surface area contributed by atoms with E-state index >= 15 is 0 Å². The molecule has 0 radical (unpaired) electrons. The van der Waals surface area contributed by atoms with Crippen LogP contribution in [-0.4, -0.2) is 13.6 Å². The second kappa shape index (κ2) is 11.7. The summed E-state index contributed by atoms with van der Waals surface area (Å²) >= 11 is 0. The van der Waals surface area contributed by atoms with Gasteiger partial charge in [-0.2, -0.15) is 0 Å². The molecule has 0 aromatic heterocycles. The first-order chi connectivity index (χ1) is 6.41. The molecule has 0 aromatic rings. The molecule has 0 aromatic carbocycles. The van der Waals surface area contributed by atoms with Crippen molar-refractivity contribution in [2.24, 2.45) is 0 Å². The summed E-state index contributed by atoms with van der Waals surface area (Å²) in [6, 6.07) is 0. The lowest BCUT2D eigenvalue weighted by molar-refractivity contribution is 0.611. The van der Waals surface area contributed by atoms with E-state index in [1.807, 2.05) is 7.05 Å². The summed E-state index contributed by atoms with van der Waals surface area (Å²) in [4.78, 5) is 0. The molecule has 1 heteroatoms.